The third-order valence-corrected chi connectivity index (χ3v) is 1.90. The fourth-order valence-corrected chi connectivity index (χ4v) is 1.03. The summed E-state index contributed by atoms with van der Waals surface area (Å²) in [7, 11) is 1.20. The van der Waals surface area contributed by atoms with Crippen LogP contribution in [-0.4, -0.2) is 47.3 Å². The summed E-state index contributed by atoms with van der Waals surface area (Å²) in [4.78, 5) is 42.8. The molecule has 1 atom stereocenters. The molecule has 0 bridgehead atoms. The molecule has 0 aromatic heterocycles. The van der Waals surface area contributed by atoms with Crippen molar-refractivity contribution in [3.63, 3.8) is 0 Å². The summed E-state index contributed by atoms with van der Waals surface area (Å²) < 4.78 is 8.81. The van der Waals surface area contributed by atoms with Crippen molar-refractivity contribution in [3.8, 4) is 0 Å². The van der Waals surface area contributed by atoms with Gasteiger partial charge in [-0.25, -0.2) is 4.79 Å². The molecule has 0 aromatic carbocycles. The SMILES string of the molecule is COC(=O)CCCC(=O)OC(CC(=O)O)C(=O)O. The molecule has 0 amide bonds. The highest BCUT2D eigenvalue weighted by molar-refractivity contribution is 5.82. The standard InChI is InChI=1S/C10H14O8/c1-17-8(13)3-2-4-9(14)18-6(10(15)16)5-7(11)12/h6H,2-5H2,1H3,(H,11,12)(H,15,16). The predicted molar refractivity (Wildman–Crippen MR) is 55.6 cm³/mol. The Balaban J connectivity index is 4.06. The van der Waals surface area contributed by atoms with Crippen molar-refractivity contribution in [2.24, 2.45) is 0 Å². The summed E-state index contributed by atoms with van der Waals surface area (Å²) in [6.07, 6.45) is -2.56. The number of ether oxygens (including phenoxy) is 2. The first kappa shape index (κ1) is 15.9. The molecule has 0 radical (unpaired) electrons. The normalized spacial score (nSPS) is 11.4. The fraction of sp³-hybridized carbons (Fsp3) is 0.600. The number of carbonyl (C=O) groups is 4. The van der Waals surface area contributed by atoms with Gasteiger partial charge in [-0.2, -0.15) is 0 Å². The molecule has 0 rings (SSSR count). The Labute approximate surface area is 102 Å². The molecule has 8 nitrogen and oxygen atoms in total. The van der Waals surface area contributed by atoms with Gasteiger partial charge in [-0.15, -0.1) is 0 Å². The average molecular weight is 262 g/mol. The van der Waals surface area contributed by atoms with Crippen LogP contribution in [-0.2, 0) is 28.7 Å². The largest absolute Gasteiger partial charge is 0.481 e. The third-order valence-electron chi connectivity index (χ3n) is 1.90. The average Bonchev–Trinajstić information content (AvgIpc) is 2.27. The van der Waals surface area contributed by atoms with Gasteiger partial charge in [0, 0.05) is 12.8 Å². The summed E-state index contributed by atoms with van der Waals surface area (Å²) in [6, 6.07) is 0. The van der Waals surface area contributed by atoms with Crippen LogP contribution in [0.2, 0.25) is 0 Å². The molecule has 1 unspecified atom stereocenters. The number of methoxy groups -OCH3 is 1. The number of hydrogen-bond acceptors (Lipinski definition) is 6. The van der Waals surface area contributed by atoms with Crippen LogP contribution in [0.3, 0.4) is 0 Å². The molecule has 102 valence electrons. The summed E-state index contributed by atoms with van der Waals surface area (Å²) in [5.41, 5.74) is 0. The van der Waals surface area contributed by atoms with Gasteiger partial charge in [0.25, 0.3) is 0 Å². The van der Waals surface area contributed by atoms with Crippen LogP contribution in [0, 0.1) is 0 Å². The smallest absolute Gasteiger partial charge is 0.345 e. The second kappa shape index (κ2) is 8.04. The van der Waals surface area contributed by atoms with Crippen LogP contribution >= 0.6 is 0 Å². The van der Waals surface area contributed by atoms with Crippen LogP contribution < -0.4 is 0 Å². The van der Waals surface area contributed by atoms with E-state index in [0.717, 1.165) is 0 Å². The Kier molecular flexibility index (Phi) is 7.10. The summed E-state index contributed by atoms with van der Waals surface area (Å²) in [5, 5.41) is 17.0. The van der Waals surface area contributed by atoms with Crippen molar-refractivity contribution in [1.29, 1.82) is 0 Å². The van der Waals surface area contributed by atoms with Crippen molar-refractivity contribution in [3.05, 3.63) is 0 Å². The second-order valence-corrected chi connectivity index (χ2v) is 3.34. The molecule has 2 N–H and O–H groups in total. The zero-order chi connectivity index (χ0) is 14.1. The lowest BCUT2D eigenvalue weighted by molar-refractivity contribution is -0.167. The zero-order valence-corrected chi connectivity index (χ0v) is 9.75. The lowest BCUT2D eigenvalue weighted by Crippen LogP contribution is -2.29. The zero-order valence-electron chi connectivity index (χ0n) is 9.75. The highest BCUT2D eigenvalue weighted by Crippen LogP contribution is 2.05. The van der Waals surface area contributed by atoms with Gasteiger partial charge < -0.3 is 19.7 Å². The number of aliphatic carboxylic acids is 2. The topological polar surface area (TPSA) is 127 Å². The molecule has 0 saturated carbocycles. The summed E-state index contributed by atoms with van der Waals surface area (Å²) in [5.74, 6) is -4.28. The first-order valence-electron chi connectivity index (χ1n) is 5.07. The van der Waals surface area contributed by atoms with Crippen molar-refractivity contribution in [1.82, 2.24) is 0 Å². The lowest BCUT2D eigenvalue weighted by atomic mass is 10.2. The van der Waals surface area contributed by atoms with Crippen LogP contribution in [0.25, 0.3) is 0 Å². The second-order valence-electron chi connectivity index (χ2n) is 3.34. The van der Waals surface area contributed by atoms with Crippen LogP contribution in [0.5, 0.6) is 0 Å². The lowest BCUT2D eigenvalue weighted by Gasteiger charge is -2.11. The molecular formula is C10H14O8. The van der Waals surface area contributed by atoms with Crippen LogP contribution in [0.15, 0.2) is 0 Å². The molecular weight excluding hydrogens is 248 g/mol. The molecule has 0 saturated heterocycles. The van der Waals surface area contributed by atoms with E-state index < -0.39 is 36.4 Å². The third kappa shape index (κ3) is 7.20. The van der Waals surface area contributed by atoms with Gasteiger partial charge in [-0.1, -0.05) is 0 Å². The minimum atomic E-state index is -1.71. The van der Waals surface area contributed by atoms with E-state index in [1.54, 1.807) is 0 Å². The van der Waals surface area contributed by atoms with Crippen molar-refractivity contribution >= 4 is 23.9 Å². The van der Waals surface area contributed by atoms with E-state index in [1.165, 1.54) is 7.11 Å². The molecule has 0 aliphatic carbocycles. The van der Waals surface area contributed by atoms with Gasteiger partial charge in [-0.3, -0.25) is 14.4 Å². The molecule has 0 heterocycles. The quantitative estimate of drug-likeness (QED) is 0.575. The molecule has 0 aromatic rings. The van der Waals surface area contributed by atoms with E-state index in [2.05, 4.69) is 9.47 Å². The van der Waals surface area contributed by atoms with Crippen LogP contribution in [0.4, 0.5) is 0 Å². The number of esters is 2. The monoisotopic (exact) mass is 262 g/mol. The minimum absolute atomic E-state index is 0.00225. The maximum Gasteiger partial charge on any atom is 0.345 e. The molecule has 0 fully saturated rings. The molecule has 0 aliphatic heterocycles. The summed E-state index contributed by atoms with van der Waals surface area (Å²) >= 11 is 0. The highest BCUT2D eigenvalue weighted by Gasteiger charge is 2.25. The Morgan fingerprint density at radius 1 is 1.06 bits per heavy atom. The summed E-state index contributed by atoms with van der Waals surface area (Å²) in [6.45, 7) is 0. The number of hydrogen-bond donors (Lipinski definition) is 2. The molecule has 8 heteroatoms. The van der Waals surface area contributed by atoms with E-state index in [9.17, 15) is 19.2 Å². The first-order valence-corrected chi connectivity index (χ1v) is 5.07. The number of carboxylic acid groups (broad SMARTS) is 2. The molecule has 0 spiro atoms. The van der Waals surface area contributed by atoms with Crippen molar-refractivity contribution in [2.75, 3.05) is 7.11 Å². The molecule has 0 aliphatic rings. The van der Waals surface area contributed by atoms with Gasteiger partial charge in [0.05, 0.1) is 13.5 Å². The van der Waals surface area contributed by atoms with E-state index in [4.69, 9.17) is 10.2 Å². The minimum Gasteiger partial charge on any atom is -0.481 e. The van der Waals surface area contributed by atoms with Gasteiger partial charge in [0.15, 0.2) is 0 Å². The maximum absolute atomic E-state index is 11.2. The Morgan fingerprint density at radius 2 is 1.61 bits per heavy atom. The van der Waals surface area contributed by atoms with Gasteiger partial charge in [0.1, 0.15) is 0 Å². The fourth-order valence-electron chi connectivity index (χ4n) is 1.03. The van der Waals surface area contributed by atoms with E-state index in [0.29, 0.717) is 0 Å². The highest BCUT2D eigenvalue weighted by atomic mass is 16.6. The van der Waals surface area contributed by atoms with Crippen molar-refractivity contribution in [2.45, 2.75) is 31.8 Å². The van der Waals surface area contributed by atoms with Gasteiger partial charge in [0.2, 0.25) is 6.10 Å². The maximum atomic E-state index is 11.2. The van der Waals surface area contributed by atoms with Crippen molar-refractivity contribution < 1.29 is 38.9 Å². The van der Waals surface area contributed by atoms with Crippen LogP contribution in [0.1, 0.15) is 25.7 Å². The Morgan fingerprint density at radius 3 is 2.06 bits per heavy atom. The Hall–Kier alpha value is -2.12. The van der Waals surface area contributed by atoms with E-state index >= 15 is 0 Å². The number of carboxylic acids is 2. The van der Waals surface area contributed by atoms with Gasteiger partial charge in [-0.05, 0) is 6.42 Å². The number of carbonyl (C=O) groups excluding carboxylic acids is 2. The van der Waals surface area contributed by atoms with Gasteiger partial charge >= 0.3 is 23.9 Å². The first-order chi connectivity index (χ1) is 8.36. The number of rotatable bonds is 8. The molecule has 18 heavy (non-hydrogen) atoms. The Bertz CT molecular complexity index is 335. The van der Waals surface area contributed by atoms with E-state index in [1.807, 2.05) is 0 Å². The van der Waals surface area contributed by atoms with E-state index in [-0.39, 0.29) is 19.3 Å². The predicted octanol–water partition coefficient (Wildman–Crippen LogP) is -0.199.